The van der Waals surface area contributed by atoms with Gasteiger partial charge in [0.2, 0.25) is 5.88 Å². The van der Waals surface area contributed by atoms with Gasteiger partial charge in [0.15, 0.2) is 0 Å². The van der Waals surface area contributed by atoms with E-state index in [0.717, 1.165) is 12.1 Å². The molecular weight excluding hydrogens is 333 g/mol. The van der Waals surface area contributed by atoms with Crippen LogP contribution in [0.4, 0.5) is 13.2 Å². The van der Waals surface area contributed by atoms with Crippen molar-refractivity contribution in [2.45, 2.75) is 31.9 Å². The summed E-state index contributed by atoms with van der Waals surface area (Å²) in [5, 5.41) is 0. The van der Waals surface area contributed by atoms with E-state index in [-0.39, 0.29) is 11.6 Å². The summed E-state index contributed by atoms with van der Waals surface area (Å²) >= 11 is 0. The predicted octanol–water partition coefficient (Wildman–Crippen LogP) is 4.95. The van der Waals surface area contributed by atoms with Crippen molar-refractivity contribution in [2.24, 2.45) is 0 Å². The van der Waals surface area contributed by atoms with Crippen molar-refractivity contribution >= 4 is 32.6 Å². The topological polar surface area (TPSA) is 35.0 Å². The number of nitrogens with zero attached hydrogens (tertiary/aromatic N) is 2. The van der Waals surface area contributed by atoms with Gasteiger partial charge in [-0.05, 0) is 38.3 Å². The number of ether oxygens (including phenoxy) is 1. The lowest BCUT2D eigenvalue weighted by Crippen LogP contribution is -2.11. The molecule has 120 valence electrons. The van der Waals surface area contributed by atoms with Crippen molar-refractivity contribution in [3.05, 3.63) is 29.5 Å². The third-order valence-corrected chi connectivity index (χ3v) is 4.38. The zero-order valence-electron chi connectivity index (χ0n) is 12.3. The molecule has 2 rings (SSSR count). The Labute approximate surface area is 134 Å². The number of rotatable bonds is 5. The molecule has 0 saturated heterocycles. The van der Waals surface area contributed by atoms with E-state index < -0.39 is 11.7 Å². The number of aromatic nitrogens is 2. The van der Waals surface area contributed by atoms with Crippen molar-refractivity contribution in [1.82, 2.24) is 9.97 Å². The molecule has 8 heteroatoms. The van der Waals surface area contributed by atoms with E-state index >= 15 is 0 Å². The van der Waals surface area contributed by atoms with Gasteiger partial charge in [-0.2, -0.15) is 13.2 Å². The molecule has 1 aromatic carbocycles. The maximum Gasteiger partial charge on any atom is 0.416 e. The highest BCUT2D eigenvalue weighted by Crippen LogP contribution is 2.33. The summed E-state index contributed by atoms with van der Waals surface area (Å²) in [6.45, 7) is 3.67. The van der Waals surface area contributed by atoms with Crippen LogP contribution in [0.1, 0.15) is 25.1 Å². The first-order chi connectivity index (χ1) is 10.3. The monoisotopic (exact) mass is 348 g/mol. The average molecular weight is 348 g/mol. The van der Waals surface area contributed by atoms with Crippen molar-refractivity contribution < 1.29 is 17.9 Å². The van der Waals surface area contributed by atoms with E-state index in [0.29, 0.717) is 22.8 Å². The Morgan fingerprint density at radius 2 is 1.91 bits per heavy atom. The van der Waals surface area contributed by atoms with Gasteiger partial charge in [0, 0.05) is 0 Å². The first kappa shape index (κ1) is 17.2. The number of benzene rings is 1. The van der Waals surface area contributed by atoms with Gasteiger partial charge in [0.05, 0.1) is 28.5 Å². The largest absolute Gasteiger partial charge is 0.474 e. The minimum atomic E-state index is -4.40. The zero-order chi connectivity index (χ0) is 16.3. The van der Waals surface area contributed by atoms with Crippen LogP contribution in [-0.2, 0) is 11.9 Å². The quantitative estimate of drug-likeness (QED) is 0.715. The van der Waals surface area contributed by atoms with Crippen LogP contribution in [0.25, 0.3) is 11.0 Å². The van der Waals surface area contributed by atoms with E-state index in [4.69, 9.17) is 4.74 Å². The molecule has 0 atom stereocenters. The molecule has 0 spiro atoms. The fourth-order valence-electron chi connectivity index (χ4n) is 1.78. The van der Waals surface area contributed by atoms with Crippen LogP contribution in [0.15, 0.2) is 18.2 Å². The zero-order valence-corrected chi connectivity index (χ0v) is 13.9. The Hall–Kier alpha value is -1.15. The Bertz CT molecular complexity index is 662. The molecule has 1 heterocycles. The van der Waals surface area contributed by atoms with Crippen molar-refractivity contribution in [3.63, 3.8) is 0 Å². The third kappa shape index (κ3) is 4.19. The lowest BCUT2D eigenvalue weighted by molar-refractivity contribution is -0.137. The molecule has 0 aliphatic rings. The predicted molar refractivity (Wildman–Crippen MR) is 85.1 cm³/mol. The number of halogens is 3. The number of fused-ring (bicyclic) bond motifs is 1. The van der Waals surface area contributed by atoms with Gasteiger partial charge < -0.3 is 4.74 Å². The molecule has 3 nitrogen and oxygen atoms in total. The van der Waals surface area contributed by atoms with Crippen molar-refractivity contribution in [1.29, 1.82) is 0 Å². The lowest BCUT2D eigenvalue weighted by Gasteiger charge is -2.14. The van der Waals surface area contributed by atoms with Crippen LogP contribution in [-0.4, -0.2) is 22.3 Å². The molecule has 0 unspecified atom stereocenters. The highest BCUT2D eigenvalue weighted by Gasteiger charge is 2.30. The van der Waals surface area contributed by atoms with Crippen LogP contribution in [0.5, 0.6) is 5.88 Å². The first-order valence-electron chi connectivity index (χ1n) is 6.51. The number of hydrogen-bond acceptors (Lipinski definition) is 5. The minimum Gasteiger partial charge on any atom is -0.474 e. The van der Waals surface area contributed by atoms with E-state index in [1.807, 2.05) is 20.1 Å². The third-order valence-electron chi connectivity index (χ3n) is 2.69. The smallest absolute Gasteiger partial charge is 0.416 e. The van der Waals surface area contributed by atoms with Crippen molar-refractivity contribution in [3.8, 4) is 5.88 Å². The number of hydrogen-bond donors (Lipinski definition) is 0. The van der Waals surface area contributed by atoms with Gasteiger partial charge in [-0.25, -0.2) is 9.97 Å². The van der Waals surface area contributed by atoms with Gasteiger partial charge in [0.25, 0.3) is 0 Å². The van der Waals surface area contributed by atoms with Crippen LogP contribution in [0, 0.1) is 0 Å². The average Bonchev–Trinajstić information content (AvgIpc) is 2.42. The highest BCUT2D eigenvalue weighted by atomic mass is 33.1. The molecular formula is C14H15F3N2OS2. The van der Waals surface area contributed by atoms with Crippen molar-refractivity contribution in [2.75, 3.05) is 6.26 Å². The fourth-order valence-corrected chi connectivity index (χ4v) is 2.88. The molecule has 1 aromatic heterocycles. The highest BCUT2D eigenvalue weighted by molar-refractivity contribution is 8.76. The molecule has 0 N–H and O–H groups in total. The van der Waals surface area contributed by atoms with E-state index in [1.165, 1.54) is 6.07 Å². The molecule has 22 heavy (non-hydrogen) atoms. The van der Waals surface area contributed by atoms with Gasteiger partial charge in [0.1, 0.15) is 5.69 Å². The standard InChI is InChI=1S/C14H15F3N2OS2/c1-8(2)20-13-12(7-22-21-3)18-10-5-4-9(14(15,16)17)6-11(10)19-13/h4-6,8H,7H2,1-3H3. The molecule has 0 amide bonds. The summed E-state index contributed by atoms with van der Waals surface area (Å²) in [6.07, 6.45) is -2.59. The van der Waals surface area contributed by atoms with E-state index in [1.54, 1.807) is 21.6 Å². The molecule has 0 aliphatic carbocycles. The molecule has 0 fully saturated rings. The van der Waals surface area contributed by atoms with Crippen LogP contribution >= 0.6 is 21.6 Å². The molecule has 0 radical (unpaired) electrons. The van der Waals surface area contributed by atoms with E-state index in [9.17, 15) is 13.2 Å². The number of alkyl halides is 3. The molecule has 0 saturated carbocycles. The second-order valence-electron chi connectivity index (χ2n) is 4.77. The molecule has 2 aromatic rings. The summed E-state index contributed by atoms with van der Waals surface area (Å²) in [6, 6.07) is 3.37. The van der Waals surface area contributed by atoms with Gasteiger partial charge in [-0.3, -0.25) is 0 Å². The second-order valence-corrected chi connectivity index (χ2v) is 7.34. The SMILES string of the molecule is CSSCc1nc2ccc(C(F)(F)F)cc2nc1OC(C)C. The summed E-state index contributed by atoms with van der Waals surface area (Å²) in [5.74, 6) is 0.871. The van der Waals surface area contributed by atoms with Crippen LogP contribution in [0.2, 0.25) is 0 Å². The summed E-state index contributed by atoms with van der Waals surface area (Å²) in [5.41, 5.74) is 0.514. The summed E-state index contributed by atoms with van der Waals surface area (Å²) in [4.78, 5) is 8.63. The van der Waals surface area contributed by atoms with Gasteiger partial charge in [-0.15, -0.1) is 0 Å². The summed E-state index contributed by atoms with van der Waals surface area (Å²) < 4.78 is 44.0. The lowest BCUT2D eigenvalue weighted by atomic mass is 10.2. The van der Waals surface area contributed by atoms with Crippen LogP contribution in [0.3, 0.4) is 0 Å². The Kier molecular flexibility index (Phi) is 5.44. The Morgan fingerprint density at radius 3 is 2.50 bits per heavy atom. The normalized spacial score (nSPS) is 12.1. The maximum absolute atomic E-state index is 12.8. The fraction of sp³-hybridized carbons (Fsp3) is 0.429. The molecule has 0 bridgehead atoms. The van der Waals surface area contributed by atoms with E-state index in [2.05, 4.69) is 9.97 Å². The first-order valence-corrected chi connectivity index (χ1v) is 9.24. The Balaban J connectivity index is 2.51. The molecule has 0 aliphatic heterocycles. The van der Waals surface area contributed by atoms with Crippen LogP contribution < -0.4 is 4.74 Å². The maximum atomic E-state index is 12.8. The summed E-state index contributed by atoms with van der Waals surface area (Å²) in [7, 11) is 3.15. The Morgan fingerprint density at radius 1 is 1.18 bits per heavy atom. The second kappa shape index (κ2) is 6.95. The van der Waals surface area contributed by atoms with Gasteiger partial charge in [-0.1, -0.05) is 21.6 Å². The minimum absolute atomic E-state index is 0.129. The van der Waals surface area contributed by atoms with Gasteiger partial charge >= 0.3 is 6.18 Å².